The largest absolute Gasteiger partial charge is 0.481 e. The highest BCUT2D eigenvalue weighted by atomic mass is 35.5. The second kappa shape index (κ2) is 8.12. The Labute approximate surface area is 143 Å². The molecule has 0 aliphatic carbocycles. The van der Waals surface area contributed by atoms with Crippen LogP contribution in [0.2, 0.25) is 5.02 Å². The van der Waals surface area contributed by atoms with E-state index in [2.05, 4.69) is 5.43 Å². The highest BCUT2D eigenvalue weighted by Gasteiger charge is 2.22. The van der Waals surface area contributed by atoms with Gasteiger partial charge in [-0.15, -0.1) is 0 Å². The number of carbonyl (C=O) groups excluding carboxylic acids is 2. The summed E-state index contributed by atoms with van der Waals surface area (Å²) >= 11 is 6.05. The number of nitrogens with zero attached hydrogens (tertiary/aromatic N) is 1. The Morgan fingerprint density at radius 1 is 0.958 bits per heavy atom. The summed E-state index contributed by atoms with van der Waals surface area (Å²) in [4.78, 5) is 35.3. The predicted molar refractivity (Wildman–Crippen MR) is 89.7 cm³/mol. The number of rotatable bonds is 5. The first kappa shape index (κ1) is 17.5. The first-order valence-electron chi connectivity index (χ1n) is 7.14. The summed E-state index contributed by atoms with van der Waals surface area (Å²) in [6, 6.07) is 15.0. The van der Waals surface area contributed by atoms with Crippen LogP contribution in [0, 0.1) is 0 Å². The van der Waals surface area contributed by atoms with Gasteiger partial charge in [0.2, 0.25) is 5.91 Å². The van der Waals surface area contributed by atoms with Gasteiger partial charge >= 0.3 is 5.97 Å². The van der Waals surface area contributed by atoms with Gasteiger partial charge in [0, 0.05) is 6.42 Å². The molecule has 0 bridgehead atoms. The summed E-state index contributed by atoms with van der Waals surface area (Å²) in [5.41, 5.74) is 3.10. The Balaban J connectivity index is 2.27. The highest BCUT2D eigenvalue weighted by molar-refractivity contribution is 6.34. The maximum Gasteiger partial charge on any atom is 0.303 e. The van der Waals surface area contributed by atoms with Gasteiger partial charge in [-0.05, 0) is 24.3 Å². The van der Waals surface area contributed by atoms with Crippen LogP contribution >= 0.6 is 11.6 Å². The van der Waals surface area contributed by atoms with Crippen molar-refractivity contribution in [1.29, 1.82) is 0 Å². The van der Waals surface area contributed by atoms with Gasteiger partial charge in [-0.1, -0.05) is 41.9 Å². The van der Waals surface area contributed by atoms with E-state index in [1.165, 1.54) is 0 Å². The van der Waals surface area contributed by atoms with E-state index in [-0.39, 0.29) is 23.4 Å². The summed E-state index contributed by atoms with van der Waals surface area (Å²) in [6.07, 6.45) is -0.566. The lowest BCUT2D eigenvalue weighted by Crippen LogP contribution is -2.46. The minimum absolute atomic E-state index is 0.224. The van der Waals surface area contributed by atoms with Crippen molar-refractivity contribution in [2.45, 2.75) is 12.8 Å². The van der Waals surface area contributed by atoms with E-state index in [4.69, 9.17) is 16.7 Å². The third kappa shape index (κ3) is 4.57. The number of carboxylic acids is 1. The van der Waals surface area contributed by atoms with Gasteiger partial charge in [-0.3, -0.25) is 19.8 Å². The molecule has 0 heterocycles. The van der Waals surface area contributed by atoms with Crippen LogP contribution < -0.4 is 10.4 Å². The molecule has 24 heavy (non-hydrogen) atoms. The molecular formula is C17H15ClN2O4. The topological polar surface area (TPSA) is 86.7 Å². The molecule has 0 saturated carbocycles. The number of carboxylic acid groups (broad SMARTS) is 1. The molecule has 6 nitrogen and oxygen atoms in total. The Bertz CT molecular complexity index is 749. The number of anilines is 1. The summed E-state index contributed by atoms with van der Waals surface area (Å²) < 4.78 is 0. The van der Waals surface area contributed by atoms with E-state index in [1.54, 1.807) is 54.6 Å². The number of hydrogen-bond acceptors (Lipinski definition) is 3. The standard InChI is InChI=1S/C17H15ClN2O4/c18-14-9-5-4-8-13(14)17(24)20(12-6-2-1-3-7-12)19-15(21)10-11-16(22)23/h1-9H,10-11H2,(H,19,21)(H,22,23). The van der Waals surface area contributed by atoms with E-state index in [9.17, 15) is 14.4 Å². The summed E-state index contributed by atoms with van der Waals surface area (Å²) in [7, 11) is 0. The second-order valence-electron chi connectivity index (χ2n) is 4.88. The number of benzene rings is 2. The number of hydrogen-bond donors (Lipinski definition) is 2. The minimum atomic E-state index is -1.09. The van der Waals surface area contributed by atoms with Crippen molar-refractivity contribution >= 4 is 35.1 Å². The van der Waals surface area contributed by atoms with E-state index in [1.807, 2.05) is 0 Å². The lowest BCUT2D eigenvalue weighted by Gasteiger charge is -2.23. The maximum absolute atomic E-state index is 12.8. The number of amides is 2. The van der Waals surface area contributed by atoms with Crippen LogP contribution in [-0.2, 0) is 9.59 Å². The number of nitrogens with one attached hydrogen (secondary N) is 1. The molecule has 0 aliphatic heterocycles. The molecule has 0 aromatic heterocycles. The Hall–Kier alpha value is -2.86. The summed E-state index contributed by atoms with van der Waals surface area (Å²) in [5.74, 6) is -2.19. The van der Waals surface area contributed by atoms with Crippen molar-refractivity contribution in [3.05, 3.63) is 65.2 Å². The lowest BCUT2D eigenvalue weighted by molar-refractivity contribution is -0.138. The third-order valence-electron chi connectivity index (χ3n) is 3.12. The molecule has 124 valence electrons. The molecular weight excluding hydrogens is 332 g/mol. The van der Waals surface area contributed by atoms with E-state index >= 15 is 0 Å². The first-order valence-corrected chi connectivity index (χ1v) is 7.52. The molecule has 7 heteroatoms. The van der Waals surface area contributed by atoms with Crippen molar-refractivity contribution < 1.29 is 19.5 Å². The van der Waals surface area contributed by atoms with Crippen LogP contribution in [0.1, 0.15) is 23.2 Å². The molecule has 0 aliphatic rings. The van der Waals surface area contributed by atoms with Crippen molar-refractivity contribution in [1.82, 2.24) is 5.43 Å². The first-order chi connectivity index (χ1) is 11.5. The quantitative estimate of drug-likeness (QED) is 0.815. The molecule has 2 aromatic rings. The Morgan fingerprint density at radius 3 is 2.21 bits per heavy atom. The maximum atomic E-state index is 12.8. The summed E-state index contributed by atoms with van der Waals surface area (Å²) in [5, 5.41) is 9.97. The molecule has 0 spiro atoms. The molecule has 2 rings (SSSR count). The zero-order valence-corrected chi connectivity index (χ0v) is 13.4. The summed E-state index contributed by atoms with van der Waals surface area (Å²) in [6.45, 7) is 0. The Kier molecular flexibility index (Phi) is 5.92. The highest BCUT2D eigenvalue weighted by Crippen LogP contribution is 2.20. The zero-order chi connectivity index (χ0) is 17.5. The monoisotopic (exact) mass is 346 g/mol. The van der Waals surface area contributed by atoms with Gasteiger partial charge < -0.3 is 5.11 Å². The average Bonchev–Trinajstić information content (AvgIpc) is 2.58. The second-order valence-corrected chi connectivity index (χ2v) is 5.29. The van der Waals surface area contributed by atoms with E-state index < -0.39 is 17.8 Å². The van der Waals surface area contributed by atoms with Crippen LogP contribution in [0.5, 0.6) is 0 Å². The number of carbonyl (C=O) groups is 3. The number of hydrazine groups is 1. The predicted octanol–water partition coefficient (Wildman–Crippen LogP) is 2.88. The fraction of sp³-hybridized carbons (Fsp3) is 0.118. The van der Waals surface area contributed by atoms with E-state index in [0.29, 0.717) is 5.69 Å². The Morgan fingerprint density at radius 2 is 1.58 bits per heavy atom. The SMILES string of the molecule is O=C(O)CCC(=O)NN(C(=O)c1ccccc1Cl)c1ccccc1. The van der Waals surface area contributed by atoms with Crippen molar-refractivity contribution in [3.63, 3.8) is 0 Å². The minimum Gasteiger partial charge on any atom is -0.481 e. The fourth-order valence-corrected chi connectivity index (χ4v) is 2.18. The number of para-hydroxylation sites is 1. The van der Waals surface area contributed by atoms with Crippen LogP contribution in [0.25, 0.3) is 0 Å². The van der Waals surface area contributed by atoms with Crippen LogP contribution in [0.3, 0.4) is 0 Å². The van der Waals surface area contributed by atoms with Gasteiger partial charge in [0.15, 0.2) is 0 Å². The van der Waals surface area contributed by atoms with Gasteiger partial charge in [0.25, 0.3) is 5.91 Å². The zero-order valence-electron chi connectivity index (χ0n) is 12.6. The van der Waals surface area contributed by atoms with Crippen molar-refractivity contribution in [2.24, 2.45) is 0 Å². The molecule has 0 radical (unpaired) electrons. The third-order valence-corrected chi connectivity index (χ3v) is 3.45. The van der Waals surface area contributed by atoms with Gasteiger partial charge in [0.1, 0.15) is 0 Å². The molecule has 2 N–H and O–H groups in total. The smallest absolute Gasteiger partial charge is 0.303 e. The number of aliphatic carboxylic acids is 1. The number of halogens is 1. The molecule has 2 amide bonds. The lowest BCUT2D eigenvalue weighted by atomic mass is 10.2. The molecule has 0 fully saturated rings. The normalized spacial score (nSPS) is 10.0. The average molecular weight is 347 g/mol. The van der Waals surface area contributed by atoms with Gasteiger partial charge in [0.05, 0.1) is 22.7 Å². The van der Waals surface area contributed by atoms with Gasteiger partial charge in [-0.2, -0.15) is 0 Å². The van der Waals surface area contributed by atoms with Crippen molar-refractivity contribution in [2.75, 3.05) is 5.01 Å². The van der Waals surface area contributed by atoms with E-state index in [0.717, 1.165) is 5.01 Å². The molecule has 0 unspecified atom stereocenters. The molecule has 2 aromatic carbocycles. The molecule has 0 saturated heterocycles. The van der Waals surface area contributed by atoms with Crippen LogP contribution in [0.4, 0.5) is 5.69 Å². The fourth-order valence-electron chi connectivity index (χ4n) is 1.97. The van der Waals surface area contributed by atoms with Crippen LogP contribution in [0.15, 0.2) is 54.6 Å². The molecule has 0 atom stereocenters. The van der Waals surface area contributed by atoms with Gasteiger partial charge in [-0.25, -0.2) is 5.01 Å². The van der Waals surface area contributed by atoms with Crippen molar-refractivity contribution in [3.8, 4) is 0 Å². The van der Waals surface area contributed by atoms with Crippen LogP contribution in [-0.4, -0.2) is 22.9 Å².